The molecular weight excluding hydrogens is 546 g/mol. The molecule has 1 N–H and O–H groups in total. The molecule has 40 heavy (non-hydrogen) atoms. The zero-order chi connectivity index (χ0) is 29.7. The van der Waals surface area contributed by atoms with Gasteiger partial charge >= 0.3 is 0 Å². The molecule has 2 amide bonds. The molecule has 0 aliphatic rings. The van der Waals surface area contributed by atoms with Crippen molar-refractivity contribution in [1.82, 2.24) is 10.2 Å². The zero-order valence-electron chi connectivity index (χ0n) is 23.9. The van der Waals surface area contributed by atoms with E-state index in [9.17, 15) is 18.0 Å². The van der Waals surface area contributed by atoms with Crippen molar-refractivity contribution in [1.29, 1.82) is 0 Å². The maximum atomic E-state index is 14.1. The van der Waals surface area contributed by atoms with E-state index in [1.54, 1.807) is 12.1 Å². The Morgan fingerprint density at radius 1 is 0.925 bits per heavy atom. The van der Waals surface area contributed by atoms with Crippen molar-refractivity contribution < 1.29 is 18.0 Å². The number of carbonyl (C=O) groups is 2. The third-order valence-corrected chi connectivity index (χ3v) is 7.91. The molecule has 7 nitrogen and oxygen atoms in total. The van der Waals surface area contributed by atoms with Gasteiger partial charge in [0.1, 0.15) is 12.6 Å². The van der Waals surface area contributed by atoms with Crippen molar-refractivity contribution in [3.63, 3.8) is 0 Å². The Hall–Kier alpha value is -3.36. The van der Waals surface area contributed by atoms with Gasteiger partial charge in [0.05, 0.1) is 11.9 Å². The first-order valence-corrected chi connectivity index (χ1v) is 15.3. The van der Waals surface area contributed by atoms with Gasteiger partial charge in [0.2, 0.25) is 21.8 Å². The van der Waals surface area contributed by atoms with E-state index in [0.717, 1.165) is 32.8 Å². The highest BCUT2D eigenvalue weighted by Crippen LogP contribution is 2.26. The lowest BCUT2D eigenvalue weighted by atomic mass is 10.0. The van der Waals surface area contributed by atoms with Crippen LogP contribution < -0.4 is 9.62 Å². The molecule has 0 saturated carbocycles. The highest BCUT2D eigenvalue weighted by atomic mass is 35.5. The van der Waals surface area contributed by atoms with Crippen LogP contribution in [0.3, 0.4) is 0 Å². The number of anilines is 1. The molecule has 1 unspecified atom stereocenters. The van der Waals surface area contributed by atoms with Gasteiger partial charge in [-0.2, -0.15) is 0 Å². The minimum atomic E-state index is -3.86. The number of benzene rings is 3. The number of carbonyl (C=O) groups excluding carboxylic acids is 2. The third-order valence-electron chi connectivity index (χ3n) is 6.37. The third kappa shape index (κ3) is 8.83. The largest absolute Gasteiger partial charge is 0.350 e. The monoisotopic (exact) mass is 583 g/mol. The van der Waals surface area contributed by atoms with Crippen LogP contribution in [0, 0.1) is 13.8 Å². The molecule has 0 heterocycles. The molecule has 0 aliphatic carbocycles. The number of rotatable bonds is 10. The molecule has 1 atom stereocenters. The smallest absolute Gasteiger partial charge is 0.244 e. The van der Waals surface area contributed by atoms with Crippen LogP contribution in [-0.2, 0) is 32.6 Å². The second-order valence-corrected chi connectivity index (χ2v) is 13.5. The van der Waals surface area contributed by atoms with E-state index in [0.29, 0.717) is 5.02 Å². The fourth-order valence-electron chi connectivity index (χ4n) is 4.25. The molecule has 214 valence electrons. The van der Waals surface area contributed by atoms with E-state index < -0.39 is 34.1 Å². The Bertz CT molecular complexity index is 1440. The summed E-state index contributed by atoms with van der Waals surface area (Å²) in [6.45, 7) is 9.06. The fraction of sp³-hybridized carbons (Fsp3) is 0.355. The van der Waals surface area contributed by atoms with Gasteiger partial charge < -0.3 is 10.2 Å². The van der Waals surface area contributed by atoms with Crippen LogP contribution in [-0.4, -0.2) is 49.5 Å². The van der Waals surface area contributed by atoms with Crippen LogP contribution >= 0.6 is 11.6 Å². The highest BCUT2D eigenvalue weighted by Gasteiger charge is 2.34. The first-order chi connectivity index (χ1) is 18.6. The number of sulfonamides is 1. The summed E-state index contributed by atoms with van der Waals surface area (Å²) in [7, 11) is -3.86. The van der Waals surface area contributed by atoms with Crippen LogP contribution in [0.15, 0.2) is 72.8 Å². The SMILES string of the molecule is Cc1ccc(CN(C(=O)CN(c2ccc(C)c(Cl)c2)S(C)(=O)=O)C(Cc2ccccc2)C(=O)NC(C)(C)C)cc1. The van der Waals surface area contributed by atoms with Crippen molar-refractivity contribution in [2.24, 2.45) is 0 Å². The molecular formula is C31H38ClN3O4S. The molecule has 9 heteroatoms. The fourth-order valence-corrected chi connectivity index (χ4v) is 5.26. The molecule has 0 spiro atoms. The van der Waals surface area contributed by atoms with Gasteiger partial charge in [-0.1, -0.05) is 77.8 Å². The Morgan fingerprint density at radius 2 is 1.55 bits per heavy atom. The highest BCUT2D eigenvalue weighted by molar-refractivity contribution is 7.92. The number of nitrogens with one attached hydrogen (secondary N) is 1. The molecule has 0 radical (unpaired) electrons. The van der Waals surface area contributed by atoms with Gasteiger partial charge in [0.25, 0.3) is 0 Å². The average Bonchev–Trinajstić information content (AvgIpc) is 2.86. The van der Waals surface area contributed by atoms with Gasteiger partial charge in [-0.25, -0.2) is 8.42 Å². The average molecular weight is 584 g/mol. The van der Waals surface area contributed by atoms with Crippen molar-refractivity contribution >= 4 is 39.1 Å². The van der Waals surface area contributed by atoms with Gasteiger partial charge in [-0.05, 0) is 63.4 Å². The van der Waals surface area contributed by atoms with Gasteiger partial charge in [-0.3, -0.25) is 13.9 Å². The van der Waals surface area contributed by atoms with Crippen molar-refractivity contribution in [2.45, 2.75) is 59.2 Å². The Kier molecular flexibility index (Phi) is 10.0. The number of nitrogens with zero attached hydrogens (tertiary/aromatic N) is 2. The summed E-state index contributed by atoms with van der Waals surface area (Å²) in [6.07, 6.45) is 1.31. The van der Waals surface area contributed by atoms with E-state index >= 15 is 0 Å². The second-order valence-electron chi connectivity index (χ2n) is 11.2. The predicted molar refractivity (Wildman–Crippen MR) is 162 cm³/mol. The molecule has 0 fully saturated rings. The van der Waals surface area contributed by atoms with E-state index in [1.807, 2.05) is 89.2 Å². The zero-order valence-corrected chi connectivity index (χ0v) is 25.5. The summed E-state index contributed by atoms with van der Waals surface area (Å²) in [5.74, 6) is -0.825. The van der Waals surface area contributed by atoms with Gasteiger partial charge in [-0.15, -0.1) is 0 Å². The van der Waals surface area contributed by atoms with Crippen molar-refractivity contribution in [3.05, 3.63) is 100 Å². The van der Waals surface area contributed by atoms with E-state index in [-0.39, 0.29) is 24.6 Å². The molecule has 3 aromatic rings. The summed E-state index contributed by atoms with van der Waals surface area (Å²) in [5, 5.41) is 3.41. The van der Waals surface area contributed by atoms with E-state index in [2.05, 4.69) is 5.32 Å². The number of hydrogen-bond acceptors (Lipinski definition) is 4. The van der Waals surface area contributed by atoms with Crippen molar-refractivity contribution in [2.75, 3.05) is 17.1 Å². The molecule has 0 bridgehead atoms. The second kappa shape index (κ2) is 12.9. The van der Waals surface area contributed by atoms with Crippen LogP contribution in [0.1, 0.15) is 43.0 Å². The van der Waals surface area contributed by atoms with Crippen LogP contribution in [0.5, 0.6) is 0 Å². The minimum Gasteiger partial charge on any atom is -0.350 e. The molecule has 0 saturated heterocycles. The predicted octanol–water partition coefficient (Wildman–Crippen LogP) is 5.28. The summed E-state index contributed by atoms with van der Waals surface area (Å²) >= 11 is 6.30. The lowest BCUT2D eigenvalue weighted by Gasteiger charge is -2.35. The first kappa shape index (κ1) is 31.2. The maximum Gasteiger partial charge on any atom is 0.244 e. The van der Waals surface area contributed by atoms with Gasteiger partial charge in [0.15, 0.2) is 0 Å². The molecule has 3 rings (SSSR count). The van der Waals surface area contributed by atoms with Crippen molar-refractivity contribution in [3.8, 4) is 0 Å². The Balaban J connectivity index is 2.08. The summed E-state index contributed by atoms with van der Waals surface area (Å²) in [4.78, 5) is 29.3. The maximum absolute atomic E-state index is 14.1. The van der Waals surface area contributed by atoms with Gasteiger partial charge in [0, 0.05) is 23.5 Å². The van der Waals surface area contributed by atoms with Crippen LogP contribution in [0.4, 0.5) is 5.69 Å². The van der Waals surface area contributed by atoms with Crippen LogP contribution in [0.25, 0.3) is 0 Å². The lowest BCUT2D eigenvalue weighted by molar-refractivity contribution is -0.140. The standard InChI is InChI=1S/C31H38ClN3O4S/c1-22-12-15-25(16-13-22)20-34(28(30(37)33-31(3,4)5)18-24-10-8-7-9-11-24)29(36)21-35(40(6,38)39)26-17-14-23(2)27(32)19-26/h7-17,19,28H,18,20-21H2,1-6H3,(H,33,37). The number of hydrogen-bond donors (Lipinski definition) is 1. The number of halogens is 1. The molecule has 0 aromatic heterocycles. The van der Waals surface area contributed by atoms with E-state index in [4.69, 9.17) is 11.6 Å². The topological polar surface area (TPSA) is 86.8 Å². The quantitative estimate of drug-likeness (QED) is 0.352. The number of amides is 2. The first-order valence-electron chi connectivity index (χ1n) is 13.1. The Labute approximate surface area is 243 Å². The normalized spacial score (nSPS) is 12.5. The molecule has 0 aliphatic heterocycles. The summed E-state index contributed by atoms with van der Waals surface area (Å²) in [5.41, 5.74) is 3.29. The summed E-state index contributed by atoms with van der Waals surface area (Å²) < 4.78 is 26.8. The summed E-state index contributed by atoms with van der Waals surface area (Å²) in [6, 6.07) is 21.1. The minimum absolute atomic E-state index is 0.125. The Morgan fingerprint density at radius 3 is 2.10 bits per heavy atom. The van der Waals surface area contributed by atoms with Crippen LogP contribution in [0.2, 0.25) is 5.02 Å². The number of aryl methyl sites for hydroxylation is 2. The lowest BCUT2D eigenvalue weighted by Crippen LogP contribution is -2.56. The van der Waals surface area contributed by atoms with E-state index in [1.165, 1.54) is 11.0 Å². The molecule has 3 aromatic carbocycles.